The van der Waals surface area contributed by atoms with Crippen molar-refractivity contribution in [3.63, 3.8) is 0 Å². The van der Waals surface area contributed by atoms with Crippen LogP contribution in [0.3, 0.4) is 0 Å². The fraction of sp³-hybridized carbons (Fsp3) is 0.188. The van der Waals surface area contributed by atoms with Crippen LogP contribution < -0.4 is 0 Å². The van der Waals surface area contributed by atoms with Gasteiger partial charge in [-0.25, -0.2) is 4.21 Å². The highest BCUT2D eigenvalue weighted by molar-refractivity contribution is 7.79. The molecule has 2 aromatic rings. The van der Waals surface area contributed by atoms with Gasteiger partial charge in [-0.15, -0.1) is 0 Å². The molecule has 1 aliphatic rings. The summed E-state index contributed by atoms with van der Waals surface area (Å²) in [5, 5.41) is 3.89. The fourth-order valence-electron chi connectivity index (χ4n) is 2.53. The minimum Gasteiger partial charge on any atom is -0.292 e. The Bertz CT molecular complexity index is 722. The molecule has 4 heteroatoms. The quantitative estimate of drug-likeness (QED) is 0.547. The predicted molar refractivity (Wildman–Crippen MR) is 82.0 cm³/mol. The number of fused-ring (bicyclic) bond motifs is 3. The Morgan fingerprint density at radius 1 is 1.15 bits per heavy atom. The van der Waals surface area contributed by atoms with Crippen molar-refractivity contribution in [2.45, 2.75) is 13.3 Å². The summed E-state index contributed by atoms with van der Waals surface area (Å²) in [6, 6.07) is 14.8. The van der Waals surface area contributed by atoms with Crippen LogP contribution in [-0.4, -0.2) is 16.2 Å². The van der Waals surface area contributed by atoms with Crippen LogP contribution in [0.5, 0.6) is 0 Å². The van der Waals surface area contributed by atoms with E-state index < -0.39 is 11.1 Å². The van der Waals surface area contributed by atoms with E-state index in [2.05, 4.69) is 41.6 Å². The van der Waals surface area contributed by atoms with Crippen LogP contribution in [-0.2, 0) is 21.8 Å². The second kappa shape index (κ2) is 5.21. The van der Waals surface area contributed by atoms with E-state index in [0.717, 1.165) is 17.7 Å². The van der Waals surface area contributed by atoms with Crippen molar-refractivity contribution >= 4 is 16.8 Å². The topological polar surface area (TPSA) is 38.7 Å². The van der Waals surface area contributed by atoms with Gasteiger partial charge in [0.15, 0.2) is 0 Å². The molecule has 102 valence electrons. The SMILES string of the molecule is CC(=NOS(C)=O)c1ccc2c(c1)Cc1ccccc1-2. The summed E-state index contributed by atoms with van der Waals surface area (Å²) in [6.45, 7) is 1.86. The molecule has 0 fully saturated rings. The van der Waals surface area contributed by atoms with Gasteiger partial charge in [-0.05, 0) is 47.2 Å². The first-order valence-electron chi connectivity index (χ1n) is 6.42. The van der Waals surface area contributed by atoms with Gasteiger partial charge in [-0.2, -0.15) is 0 Å². The van der Waals surface area contributed by atoms with E-state index in [1.54, 1.807) is 0 Å². The minimum atomic E-state index is -1.38. The summed E-state index contributed by atoms with van der Waals surface area (Å²) in [7, 11) is 0. The zero-order chi connectivity index (χ0) is 14.1. The number of nitrogens with zero attached hydrogens (tertiary/aromatic N) is 1. The van der Waals surface area contributed by atoms with Crippen LogP contribution in [0.15, 0.2) is 47.6 Å². The number of hydrogen-bond donors (Lipinski definition) is 0. The van der Waals surface area contributed by atoms with E-state index in [0.29, 0.717) is 0 Å². The van der Waals surface area contributed by atoms with Gasteiger partial charge in [-0.3, -0.25) is 4.28 Å². The summed E-state index contributed by atoms with van der Waals surface area (Å²) >= 11 is -1.38. The molecule has 0 spiro atoms. The lowest BCUT2D eigenvalue weighted by Crippen LogP contribution is -1.98. The highest BCUT2D eigenvalue weighted by atomic mass is 32.2. The lowest BCUT2D eigenvalue weighted by molar-refractivity contribution is 0.377. The van der Waals surface area contributed by atoms with Crippen LogP contribution >= 0.6 is 0 Å². The molecule has 2 aromatic carbocycles. The Morgan fingerprint density at radius 3 is 2.70 bits per heavy atom. The van der Waals surface area contributed by atoms with Gasteiger partial charge in [0, 0.05) is 0 Å². The van der Waals surface area contributed by atoms with E-state index in [1.165, 1.54) is 28.5 Å². The third-order valence-electron chi connectivity index (χ3n) is 3.49. The third kappa shape index (κ3) is 2.39. The Kier molecular flexibility index (Phi) is 3.40. The molecule has 0 aromatic heterocycles. The number of hydrogen-bond acceptors (Lipinski definition) is 3. The Morgan fingerprint density at radius 2 is 1.90 bits per heavy atom. The van der Waals surface area contributed by atoms with Gasteiger partial charge < -0.3 is 0 Å². The lowest BCUT2D eigenvalue weighted by atomic mass is 10.0. The molecular weight excluding hydrogens is 270 g/mol. The van der Waals surface area contributed by atoms with Crippen molar-refractivity contribution in [1.82, 2.24) is 0 Å². The van der Waals surface area contributed by atoms with Crippen molar-refractivity contribution in [3.05, 3.63) is 59.2 Å². The molecule has 0 N–H and O–H groups in total. The second-order valence-electron chi connectivity index (χ2n) is 4.86. The van der Waals surface area contributed by atoms with Crippen molar-refractivity contribution < 1.29 is 8.49 Å². The Hall–Kier alpha value is -1.94. The standard InChI is InChI=1S/C16H15NO2S/c1-11(17-19-20(2)18)12-7-8-16-14(9-12)10-13-5-3-4-6-15(13)16/h3-9H,10H2,1-2H3. The average molecular weight is 285 g/mol. The molecule has 0 aliphatic heterocycles. The maximum atomic E-state index is 10.9. The van der Waals surface area contributed by atoms with Crippen LogP contribution in [0.2, 0.25) is 0 Å². The monoisotopic (exact) mass is 285 g/mol. The number of rotatable bonds is 3. The molecule has 3 nitrogen and oxygen atoms in total. The summed E-state index contributed by atoms with van der Waals surface area (Å²) in [4.78, 5) is 0. The number of benzene rings is 2. The molecule has 20 heavy (non-hydrogen) atoms. The van der Waals surface area contributed by atoms with Gasteiger partial charge in [0.25, 0.3) is 0 Å². The zero-order valence-corrected chi connectivity index (χ0v) is 12.2. The van der Waals surface area contributed by atoms with Crippen LogP contribution in [0.25, 0.3) is 11.1 Å². The first kappa shape index (κ1) is 13.1. The van der Waals surface area contributed by atoms with E-state index in [9.17, 15) is 4.21 Å². The average Bonchev–Trinajstić information content (AvgIpc) is 2.82. The normalized spacial score (nSPS) is 14.6. The highest BCUT2D eigenvalue weighted by Gasteiger charge is 2.18. The molecule has 1 atom stereocenters. The van der Waals surface area contributed by atoms with Crippen LogP contribution in [0, 0.1) is 0 Å². The Labute approximate surface area is 120 Å². The molecule has 3 rings (SSSR count). The van der Waals surface area contributed by atoms with Gasteiger partial charge in [-0.1, -0.05) is 41.6 Å². The van der Waals surface area contributed by atoms with Crippen molar-refractivity contribution in [2.75, 3.05) is 6.26 Å². The molecule has 0 bridgehead atoms. The fourth-order valence-corrected chi connectivity index (χ4v) is 2.75. The minimum absolute atomic E-state index is 0.735. The van der Waals surface area contributed by atoms with Crippen molar-refractivity contribution in [2.24, 2.45) is 5.16 Å². The first-order valence-corrected chi connectivity index (χ1v) is 7.90. The van der Waals surface area contributed by atoms with Crippen LogP contribution in [0.1, 0.15) is 23.6 Å². The Balaban J connectivity index is 1.95. The lowest BCUT2D eigenvalue weighted by Gasteiger charge is -2.04. The molecule has 0 radical (unpaired) electrons. The third-order valence-corrected chi connectivity index (χ3v) is 3.78. The summed E-state index contributed by atoms with van der Waals surface area (Å²) in [5.41, 5.74) is 7.00. The largest absolute Gasteiger partial charge is 0.292 e. The molecule has 1 unspecified atom stereocenters. The number of oxime groups is 1. The molecule has 0 saturated carbocycles. The highest BCUT2D eigenvalue weighted by Crippen LogP contribution is 2.36. The molecule has 1 aliphatic carbocycles. The molecule has 0 saturated heterocycles. The van der Waals surface area contributed by atoms with Crippen molar-refractivity contribution in [3.8, 4) is 11.1 Å². The smallest absolute Gasteiger partial charge is 0.229 e. The summed E-state index contributed by atoms with van der Waals surface area (Å²) < 4.78 is 15.7. The van der Waals surface area contributed by atoms with E-state index >= 15 is 0 Å². The van der Waals surface area contributed by atoms with E-state index in [1.807, 2.05) is 13.0 Å². The first-order chi connectivity index (χ1) is 9.65. The predicted octanol–water partition coefficient (Wildman–Crippen LogP) is 3.29. The summed E-state index contributed by atoms with van der Waals surface area (Å²) in [5.74, 6) is 0. The van der Waals surface area contributed by atoms with Gasteiger partial charge in [0.2, 0.25) is 11.1 Å². The van der Waals surface area contributed by atoms with Crippen molar-refractivity contribution in [1.29, 1.82) is 0 Å². The summed E-state index contributed by atoms with van der Waals surface area (Å²) in [6.07, 6.45) is 2.41. The van der Waals surface area contributed by atoms with Crippen LogP contribution in [0.4, 0.5) is 0 Å². The van der Waals surface area contributed by atoms with Gasteiger partial charge >= 0.3 is 0 Å². The molecule has 0 amide bonds. The second-order valence-corrected chi connectivity index (χ2v) is 5.81. The maximum absolute atomic E-state index is 10.9. The zero-order valence-electron chi connectivity index (χ0n) is 11.4. The van der Waals surface area contributed by atoms with Gasteiger partial charge in [0.05, 0.1) is 12.0 Å². The van der Waals surface area contributed by atoms with E-state index in [-0.39, 0.29) is 0 Å². The molecular formula is C16H15NO2S. The maximum Gasteiger partial charge on any atom is 0.229 e. The van der Waals surface area contributed by atoms with Gasteiger partial charge in [0.1, 0.15) is 0 Å². The van der Waals surface area contributed by atoms with E-state index in [4.69, 9.17) is 4.28 Å². The molecule has 0 heterocycles.